The molecule has 0 saturated heterocycles. The highest BCUT2D eigenvalue weighted by Gasteiger charge is 2.04. The molecule has 0 spiro atoms. The Hall–Kier alpha value is -1.74. The fourth-order valence-electron chi connectivity index (χ4n) is 2.11. The lowest BCUT2D eigenvalue weighted by Gasteiger charge is -2.05. The summed E-state index contributed by atoms with van der Waals surface area (Å²) in [5.74, 6) is 1.74. The summed E-state index contributed by atoms with van der Waals surface area (Å²) in [5, 5.41) is 3.37. The third-order valence-corrected chi connectivity index (χ3v) is 3.27. The Morgan fingerprint density at radius 3 is 2.57 bits per heavy atom. The second-order valence-electron chi connectivity index (χ2n) is 5.64. The molecule has 2 aromatic rings. The molecule has 1 aromatic heterocycles. The van der Waals surface area contributed by atoms with E-state index in [1.54, 1.807) is 6.26 Å². The first kappa shape index (κ1) is 15.6. The van der Waals surface area contributed by atoms with Crippen molar-refractivity contribution in [3.05, 3.63) is 53.5 Å². The predicted octanol–water partition coefficient (Wildman–Crippen LogP) is 4.31. The first-order chi connectivity index (χ1) is 10.2. The summed E-state index contributed by atoms with van der Waals surface area (Å²) in [6.07, 6.45) is 4.07. The van der Waals surface area contributed by atoms with Crippen LogP contribution in [0.15, 0.2) is 41.0 Å². The number of ether oxygens (including phenoxy) is 1. The fraction of sp³-hybridized carbons (Fsp3) is 0.444. The minimum Gasteiger partial charge on any atom is -0.486 e. The fourth-order valence-corrected chi connectivity index (χ4v) is 2.11. The van der Waals surface area contributed by atoms with Gasteiger partial charge in [-0.15, -0.1) is 0 Å². The van der Waals surface area contributed by atoms with Crippen LogP contribution in [0.5, 0.6) is 5.75 Å². The number of furan rings is 1. The molecule has 0 atom stereocenters. The highest BCUT2D eigenvalue weighted by atomic mass is 16.5. The summed E-state index contributed by atoms with van der Waals surface area (Å²) in [4.78, 5) is 0. The van der Waals surface area contributed by atoms with E-state index in [2.05, 4.69) is 38.2 Å². The largest absolute Gasteiger partial charge is 0.486 e. The second kappa shape index (κ2) is 7.89. The summed E-state index contributed by atoms with van der Waals surface area (Å²) in [6.45, 7) is 7.74. The van der Waals surface area contributed by atoms with E-state index < -0.39 is 0 Å². The summed E-state index contributed by atoms with van der Waals surface area (Å²) in [7, 11) is 0. The number of hydrogen-bond donors (Lipinski definition) is 1. The van der Waals surface area contributed by atoms with Gasteiger partial charge in [-0.25, -0.2) is 0 Å². The number of benzene rings is 1. The zero-order valence-corrected chi connectivity index (χ0v) is 13.2. The lowest BCUT2D eigenvalue weighted by molar-refractivity contribution is 0.270. The summed E-state index contributed by atoms with van der Waals surface area (Å²) in [5.41, 5.74) is 2.51. The molecular weight excluding hydrogens is 262 g/mol. The monoisotopic (exact) mass is 287 g/mol. The quantitative estimate of drug-likeness (QED) is 0.785. The van der Waals surface area contributed by atoms with Crippen molar-refractivity contribution in [1.82, 2.24) is 5.32 Å². The molecule has 0 aliphatic carbocycles. The van der Waals surface area contributed by atoms with Gasteiger partial charge in [0.25, 0.3) is 0 Å². The van der Waals surface area contributed by atoms with Crippen molar-refractivity contribution in [2.75, 3.05) is 0 Å². The van der Waals surface area contributed by atoms with Gasteiger partial charge in [-0.2, -0.15) is 0 Å². The van der Waals surface area contributed by atoms with E-state index in [1.165, 1.54) is 12.0 Å². The Labute approximate surface area is 127 Å². The number of rotatable bonds is 8. The molecule has 1 heterocycles. The van der Waals surface area contributed by atoms with Crippen LogP contribution in [0.2, 0.25) is 0 Å². The second-order valence-corrected chi connectivity index (χ2v) is 5.64. The molecule has 3 heteroatoms. The van der Waals surface area contributed by atoms with Crippen LogP contribution in [0.3, 0.4) is 0 Å². The van der Waals surface area contributed by atoms with E-state index in [9.17, 15) is 0 Å². The lowest BCUT2D eigenvalue weighted by atomic mass is 10.1. The van der Waals surface area contributed by atoms with Crippen molar-refractivity contribution in [2.45, 2.75) is 52.8 Å². The molecule has 114 valence electrons. The maximum Gasteiger partial charge on any atom is 0.146 e. The standard InChI is InChI=1S/C18H25NO2/c1-4-5-15-6-8-17(9-7-15)21-13-18-10-16(12-20-18)11-19-14(2)3/h6-10,12,14,19H,4-5,11,13H2,1-3H3. The molecule has 3 nitrogen and oxygen atoms in total. The lowest BCUT2D eigenvalue weighted by Crippen LogP contribution is -2.21. The Bertz CT molecular complexity index is 528. The Morgan fingerprint density at radius 2 is 1.90 bits per heavy atom. The smallest absolute Gasteiger partial charge is 0.146 e. The zero-order valence-electron chi connectivity index (χ0n) is 13.2. The minimum atomic E-state index is 0.467. The van der Waals surface area contributed by atoms with Crippen LogP contribution in [0.4, 0.5) is 0 Å². The first-order valence-corrected chi connectivity index (χ1v) is 7.68. The molecule has 2 rings (SSSR count). The van der Waals surface area contributed by atoms with Crippen molar-refractivity contribution in [2.24, 2.45) is 0 Å². The van der Waals surface area contributed by atoms with Crippen LogP contribution >= 0.6 is 0 Å². The van der Waals surface area contributed by atoms with Gasteiger partial charge in [-0.3, -0.25) is 0 Å². The molecular formula is C18H25NO2. The average molecular weight is 287 g/mol. The van der Waals surface area contributed by atoms with Crippen molar-refractivity contribution < 1.29 is 9.15 Å². The average Bonchev–Trinajstić information content (AvgIpc) is 2.93. The third kappa shape index (κ3) is 5.27. The van der Waals surface area contributed by atoms with Gasteiger partial charge in [0, 0.05) is 18.2 Å². The maximum atomic E-state index is 5.75. The molecule has 0 aliphatic rings. The molecule has 1 aromatic carbocycles. The number of hydrogen-bond acceptors (Lipinski definition) is 3. The van der Waals surface area contributed by atoms with E-state index in [-0.39, 0.29) is 0 Å². The van der Waals surface area contributed by atoms with Gasteiger partial charge < -0.3 is 14.5 Å². The SMILES string of the molecule is CCCc1ccc(OCc2cc(CNC(C)C)co2)cc1. The van der Waals surface area contributed by atoms with Crippen molar-refractivity contribution in [3.63, 3.8) is 0 Å². The maximum absolute atomic E-state index is 5.75. The predicted molar refractivity (Wildman–Crippen MR) is 85.5 cm³/mol. The van der Waals surface area contributed by atoms with Crippen LogP contribution in [-0.4, -0.2) is 6.04 Å². The molecule has 1 N–H and O–H groups in total. The summed E-state index contributed by atoms with van der Waals surface area (Å²) >= 11 is 0. The highest BCUT2D eigenvalue weighted by molar-refractivity contribution is 5.27. The Kier molecular flexibility index (Phi) is 5.88. The molecule has 0 amide bonds. The topological polar surface area (TPSA) is 34.4 Å². The van der Waals surface area contributed by atoms with E-state index in [4.69, 9.17) is 9.15 Å². The van der Waals surface area contributed by atoms with Gasteiger partial charge in [0.2, 0.25) is 0 Å². The number of aryl methyl sites for hydroxylation is 1. The van der Waals surface area contributed by atoms with E-state index in [0.29, 0.717) is 12.6 Å². The first-order valence-electron chi connectivity index (χ1n) is 7.68. The third-order valence-electron chi connectivity index (χ3n) is 3.27. The van der Waals surface area contributed by atoms with Crippen molar-refractivity contribution >= 4 is 0 Å². The Morgan fingerprint density at radius 1 is 1.14 bits per heavy atom. The molecule has 0 radical (unpaired) electrons. The van der Waals surface area contributed by atoms with E-state index >= 15 is 0 Å². The van der Waals surface area contributed by atoms with E-state index in [1.807, 2.05) is 18.2 Å². The van der Waals surface area contributed by atoms with Crippen LogP contribution in [0.25, 0.3) is 0 Å². The highest BCUT2D eigenvalue weighted by Crippen LogP contribution is 2.16. The van der Waals surface area contributed by atoms with Gasteiger partial charge in [-0.05, 0) is 30.2 Å². The van der Waals surface area contributed by atoms with Crippen molar-refractivity contribution in [1.29, 1.82) is 0 Å². The van der Waals surface area contributed by atoms with Crippen LogP contribution < -0.4 is 10.1 Å². The molecule has 0 aliphatic heterocycles. The zero-order chi connectivity index (χ0) is 15.1. The Balaban J connectivity index is 1.82. The van der Waals surface area contributed by atoms with Gasteiger partial charge in [0.05, 0.1) is 6.26 Å². The normalized spacial score (nSPS) is 11.0. The minimum absolute atomic E-state index is 0.467. The molecule has 0 saturated carbocycles. The number of nitrogens with one attached hydrogen (secondary N) is 1. The molecule has 21 heavy (non-hydrogen) atoms. The summed E-state index contributed by atoms with van der Waals surface area (Å²) < 4.78 is 11.3. The van der Waals surface area contributed by atoms with E-state index in [0.717, 1.165) is 30.0 Å². The van der Waals surface area contributed by atoms with Crippen LogP contribution in [0, 0.1) is 0 Å². The van der Waals surface area contributed by atoms with Crippen LogP contribution in [-0.2, 0) is 19.6 Å². The summed E-state index contributed by atoms with van der Waals surface area (Å²) in [6, 6.07) is 10.8. The van der Waals surface area contributed by atoms with Crippen molar-refractivity contribution in [3.8, 4) is 5.75 Å². The van der Waals surface area contributed by atoms with Gasteiger partial charge >= 0.3 is 0 Å². The van der Waals surface area contributed by atoms with Crippen LogP contribution in [0.1, 0.15) is 44.1 Å². The molecule has 0 unspecified atom stereocenters. The van der Waals surface area contributed by atoms with Gasteiger partial charge in [0.15, 0.2) is 0 Å². The van der Waals surface area contributed by atoms with Gasteiger partial charge in [0.1, 0.15) is 18.1 Å². The van der Waals surface area contributed by atoms with Gasteiger partial charge in [-0.1, -0.05) is 39.3 Å². The molecule has 0 bridgehead atoms. The molecule has 0 fully saturated rings.